The molecule has 0 saturated carbocycles. The predicted molar refractivity (Wildman–Crippen MR) is 26.8 cm³/mol. The molecule has 0 unspecified atom stereocenters. The summed E-state index contributed by atoms with van der Waals surface area (Å²) >= 11 is 0. The average Bonchev–Trinajstić information content (AvgIpc) is 1.61. The van der Waals surface area contributed by atoms with Gasteiger partial charge in [-0.3, -0.25) is 0 Å². The van der Waals surface area contributed by atoms with Crippen LogP contribution in [0.15, 0.2) is 24.1 Å². The van der Waals surface area contributed by atoms with Gasteiger partial charge < -0.3 is 11.5 Å². The molecule has 0 aromatic rings. The van der Waals surface area contributed by atoms with Crippen molar-refractivity contribution in [2.45, 2.75) is 0 Å². The van der Waals surface area contributed by atoms with Crippen molar-refractivity contribution in [2.75, 3.05) is 0 Å². The van der Waals surface area contributed by atoms with Gasteiger partial charge in [0.15, 0.2) is 11.9 Å². The molecule has 0 aromatic carbocycles. The Morgan fingerprint density at radius 3 is 1.38 bits per heavy atom. The van der Waals surface area contributed by atoms with Gasteiger partial charge in [0.25, 0.3) is 0 Å². The van der Waals surface area contributed by atoms with E-state index in [2.05, 4.69) is 11.5 Å². The Labute approximate surface area is 45.5 Å². The quantitative estimate of drug-likeness (QED) is 0.391. The van der Waals surface area contributed by atoms with Gasteiger partial charge in [-0.1, -0.05) is 0 Å². The minimum atomic E-state index is -0.967. The Hall–Kier alpha value is -1.06. The summed E-state index contributed by atoms with van der Waals surface area (Å²) in [6, 6.07) is 0. The molecule has 0 heterocycles. The lowest BCUT2D eigenvalue weighted by Gasteiger charge is -1.79. The van der Waals surface area contributed by atoms with E-state index in [1.54, 1.807) is 0 Å². The van der Waals surface area contributed by atoms with Crippen LogP contribution < -0.4 is 11.5 Å². The van der Waals surface area contributed by atoms with Crippen molar-refractivity contribution < 1.29 is 8.78 Å². The summed E-state index contributed by atoms with van der Waals surface area (Å²) in [5, 5.41) is 0. The Morgan fingerprint density at radius 2 is 1.25 bits per heavy atom. The van der Waals surface area contributed by atoms with Crippen LogP contribution in [-0.4, -0.2) is 0 Å². The molecule has 0 aliphatic rings. The number of nitrogens with two attached hydrogens (primary N) is 2. The molecular formula is C4H6F2N2. The van der Waals surface area contributed by atoms with E-state index in [0.29, 0.717) is 0 Å². The van der Waals surface area contributed by atoms with Gasteiger partial charge >= 0.3 is 0 Å². The van der Waals surface area contributed by atoms with E-state index in [9.17, 15) is 8.78 Å². The van der Waals surface area contributed by atoms with Gasteiger partial charge in [-0.15, -0.1) is 0 Å². The van der Waals surface area contributed by atoms with Crippen molar-refractivity contribution in [3.05, 3.63) is 24.1 Å². The van der Waals surface area contributed by atoms with E-state index < -0.39 is 11.9 Å². The number of hydrogen-bond donors (Lipinski definition) is 2. The molecule has 4 N–H and O–H groups in total. The van der Waals surface area contributed by atoms with Crippen LogP contribution in [0.25, 0.3) is 0 Å². The highest BCUT2D eigenvalue weighted by Gasteiger charge is 1.79. The molecule has 0 bridgehead atoms. The van der Waals surface area contributed by atoms with Crippen LogP contribution in [0, 0.1) is 0 Å². The topological polar surface area (TPSA) is 52.0 Å². The summed E-state index contributed by atoms with van der Waals surface area (Å²) < 4.78 is 22.9. The van der Waals surface area contributed by atoms with Gasteiger partial charge in [-0.05, 0) is 12.2 Å². The van der Waals surface area contributed by atoms with Gasteiger partial charge in [0, 0.05) is 0 Å². The van der Waals surface area contributed by atoms with Crippen molar-refractivity contribution in [3.63, 3.8) is 0 Å². The summed E-state index contributed by atoms with van der Waals surface area (Å²) in [5.41, 5.74) is 8.94. The molecular weight excluding hydrogens is 114 g/mol. The molecule has 0 aliphatic heterocycles. The maximum Gasteiger partial charge on any atom is 0.184 e. The third-order valence-electron chi connectivity index (χ3n) is 0.402. The maximum absolute atomic E-state index is 11.4. The summed E-state index contributed by atoms with van der Waals surface area (Å²) in [7, 11) is 0. The first kappa shape index (κ1) is 6.94. The maximum atomic E-state index is 11.4. The zero-order valence-corrected chi connectivity index (χ0v) is 4.07. The average molecular weight is 120 g/mol. The van der Waals surface area contributed by atoms with Gasteiger partial charge in [0.2, 0.25) is 0 Å². The zero-order valence-electron chi connectivity index (χ0n) is 4.07. The first-order valence-corrected chi connectivity index (χ1v) is 1.87. The zero-order chi connectivity index (χ0) is 6.57. The lowest BCUT2D eigenvalue weighted by molar-refractivity contribution is 0.615. The van der Waals surface area contributed by atoms with Crippen LogP contribution in [0.3, 0.4) is 0 Å². The van der Waals surface area contributed by atoms with Crippen LogP contribution in [-0.2, 0) is 0 Å². The minimum Gasteiger partial charge on any atom is -0.376 e. The number of allylic oxidation sites excluding steroid dienone is 2. The first-order chi connectivity index (χ1) is 3.63. The van der Waals surface area contributed by atoms with Crippen LogP contribution in [0.2, 0.25) is 0 Å². The molecule has 0 aliphatic carbocycles. The minimum absolute atomic E-state index is 0.731. The molecule has 0 rings (SSSR count). The Morgan fingerprint density at radius 1 is 1.00 bits per heavy atom. The standard InChI is InChI=1S/C4H6F2N2/c5-3(7)1-2-4(6)8/h1-2H,7-8H2/b3-1-,4-2-. The van der Waals surface area contributed by atoms with Crippen molar-refractivity contribution in [2.24, 2.45) is 11.5 Å². The molecule has 46 valence electrons. The summed E-state index contributed by atoms with van der Waals surface area (Å²) in [4.78, 5) is 0. The molecule has 2 nitrogen and oxygen atoms in total. The van der Waals surface area contributed by atoms with Crippen LogP contribution >= 0.6 is 0 Å². The largest absolute Gasteiger partial charge is 0.376 e. The SMILES string of the molecule is N/C(F)=C\C=C(/N)F. The molecule has 0 radical (unpaired) electrons. The molecule has 0 atom stereocenters. The van der Waals surface area contributed by atoms with E-state index in [0.717, 1.165) is 12.2 Å². The molecule has 8 heavy (non-hydrogen) atoms. The van der Waals surface area contributed by atoms with Crippen LogP contribution in [0.5, 0.6) is 0 Å². The Bertz CT molecular complexity index is 104. The summed E-state index contributed by atoms with van der Waals surface area (Å²) in [5.74, 6) is -1.93. The lowest BCUT2D eigenvalue weighted by atomic mass is 10.5. The van der Waals surface area contributed by atoms with Crippen molar-refractivity contribution in [3.8, 4) is 0 Å². The summed E-state index contributed by atoms with van der Waals surface area (Å²) in [6.07, 6.45) is 1.46. The number of hydrogen-bond acceptors (Lipinski definition) is 2. The van der Waals surface area contributed by atoms with Crippen molar-refractivity contribution in [1.29, 1.82) is 0 Å². The molecule has 0 spiro atoms. The fraction of sp³-hybridized carbons (Fsp3) is 0. The first-order valence-electron chi connectivity index (χ1n) is 1.87. The molecule has 4 heteroatoms. The normalized spacial score (nSPS) is 14.2. The highest BCUT2D eigenvalue weighted by atomic mass is 19.1. The number of rotatable bonds is 1. The smallest absolute Gasteiger partial charge is 0.184 e. The second-order valence-electron chi connectivity index (χ2n) is 1.10. The summed E-state index contributed by atoms with van der Waals surface area (Å²) in [6.45, 7) is 0. The Kier molecular flexibility index (Phi) is 2.61. The second-order valence-corrected chi connectivity index (χ2v) is 1.10. The highest BCUT2D eigenvalue weighted by molar-refractivity contribution is 5.06. The Balaban J connectivity index is 3.76. The molecule has 0 fully saturated rings. The van der Waals surface area contributed by atoms with E-state index >= 15 is 0 Å². The lowest BCUT2D eigenvalue weighted by Crippen LogP contribution is -1.89. The van der Waals surface area contributed by atoms with Gasteiger partial charge in [-0.25, -0.2) is 0 Å². The van der Waals surface area contributed by atoms with Crippen molar-refractivity contribution >= 4 is 0 Å². The fourth-order valence-corrected chi connectivity index (χ4v) is 0.159. The van der Waals surface area contributed by atoms with Crippen LogP contribution in [0.1, 0.15) is 0 Å². The van der Waals surface area contributed by atoms with Gasteiger partial charge in [0.1, 0.15) is 0 Å². The molecule has 0 aromatic heterocycles. The van der Waals surface area contributed by atoms with E-state index in [1.165, 1.54) is 0 Å². The number of halogens is 2. The van der Waals surface area contributed by atoms with E-state index in [-0.39, 0.29) is 0 Å². The third kappa shape index (κ3) is 4.94. The van der Waals surface area contributed by atoms with E-state index in [4.69, 9.17) is 0 Å². The monoisotopic (exact) mass is 120 g/mol. The fourth-order valence-electron chi connectivity index (χ4n) is 0.159. The van der Waals surface area contributed by atoms with E-state index in [1.807, 2.05) is 0 Å². The third-order valence-corrected chi connectivity index (χ3v) is 0.402. The predicted octanol–water partition coefficient (Wildman–Crippen LogP) is 0.526. The van der Waals surface area contributed by atoms with Crippen LogP contribution in [0.4, 0.5) is 8.78 Å². The van der Waals surface area contributed by atoms with Gasteiger partial charge in [0.05, 0.1) is 0 Å². The van der Waals surface area contributed by atoms with Crippen molar-refractivity contribution in [1.82, 2.24) is 0 Å². The molecule has 0 saturated heterocycles. The highest BCUT2D eigenvalue weighted by Crippen LogP contribution is 1.88. The molecule has 0 amide bonds. The van der Waals surface area contributed by atoms with Gasteiger partial charge in [-0.2, -0.15) is 8.78 Å². The second kappa shape index (κ2) is 3.01.